The van der Waals surface area contributed by atoms with Crippen molar-refractivity contribution in [1.82, 2.24) is 0 Å². The Morgan fingerprint density at radius 2 is 1.95 bits per heavy atom. The molecule has 1 aliphatic heterocycles. The minimum Gasteiger partial charge on any atom is -0.493 e. The van der Waals surface area contributed by atoms with Gasteiger partial charge in [0.25, 0.3) is 0 Å². The van der Waals surface area contributed by atoms with Crippen molar-refractivity contribution in [2.24, 2.45) is 5.92 Å². The SMILES string of the molecule is O=C(CCOc1ccc2c(c1)OCO2)C1CCCCC1. The zero-order valence-corrected chi connectivity index (χ0v) is 11.6. The van der Waals surface area contributed by atoms with Gasteiger partial charge < -0.3 is 14.2 Å². The average molecular weight is 276 g/mol. The van der Waals surface area contributed by atoms with Crippen LogP contribution in [0.3, 0.4) is 0 Å². The molecule has 0 unspecified atom stereocenters. The Hall–Kier alpha value is -1.71. The molecule has 4 heteroatoms. The molecule has 0 atom stereocenters. The Morgan fingerprint density at radius 3 is 2.80 bits per heavy atom. The summed E-state index contributed by atoms with van der Waals surface area (Å²) in [5.41, 5.74) is 0. The molecule has 4 nitrogen and oxygen atoms in total. The van der Waals surface area contributed by atoms with Gasteiger partial charge in [-0.25, -0.2) is 0 Å². The van der Waals surface area contributed by atoms with E-state index in [1.165, 1.54) is 19.3 Å². The smallest absolute Gasteiger partial charge is 0.231 e. The molecule has 2 aliphatic rings. The van der Waals surface area contributed by atoms with Gasteiger partial charge in [-0.3, -0.25) is 4.79 Å². The standard InChI is InChI=1S/C16H20O4/c17-14(12-4-2-1-3-5-12)8-9-18-13-6-7-15-16(10-13)20-11-19-15/h6-7,10,12H,1-5,8-9,11H2. The lowest BCUT2D eigenvalue weighted by Gasteiger charge is -2.20. The molecular formula is C16H20O4. The van der Waals surface area contributed by atoms with Crippen molar-refractivity contribution in [3.05, 3.63) is 18.2 Å². The van der Waals surface area contributed by atoms with Gasteiger partial charge in [-0.1, -0.05) is 19.3 Å². The second-order valence-corrected chi connectivity index (χ2v) is 5.41. The summed E-state index contributed by atoms with van der Waals surface area (Å²) in [6, 6.07) is 5.49. The highest BCUT2D eigenvalue weighted by Crippen LogP contribution is 2.35. The fraction of sp³-hybridized carbons (Fsp3) is 0.562. The van der Waals surface area contributed by atoms with Crippen LogP contribution in [0.15, 0.2) is 18.2 Å². The minimum absolute atomic E-state index is 0.263. The van der Waals surface area contributed by atoms with E-state index >= 15 is 0 Å². The molecular weight excluding hydrogens is 256 g/mol. The zero-order chi connectivity index (χ0) is 13.8. The first kappa shape index (κ1) is 13.3. The first-order valence-corrected chi connectivity index (χ1v) is 7.38. The van der Waals surface area contributed by atoms with E-state index < -0.39 is 0 Å². The van der Waals surface area contributed by atoms with E-state index in [2.05, 4.69) is 0 Å². The highest BCUT2D eigenvalue weighted by atomic mass is 16.7. The lowest BCUT2D eigenvalue weighted by molar-refractivity contribution is -0.124. The molecule has 1 aromatic rings. The zero-order valence-electron chi connectivity index (χ0n) is 11.6. The fourth-order valence-corrected chi connectivity index (χ4v) is 2.86. The van der Waals surface area contributed by atoms with E-state index in [9.17, 15) is 4.79 Å². The summed E-state index contributed by atoms with van der Waals surface area (Å²) in [5, 5.41) is 0. The van der Waals surface area contributed by atoms with Crippen LogP contribution in [0.25, 0.3) is 0 Å². The summed E-state index contributed by atoms with van der Waals surface area (Å²) in [7, 11) is 0. The minimum atomic E-state index is 0.263. The molecule has 0 saturated heterocycles. The molecule has 1 aliphatic carbocycles. The van der Waals surface area contributed by atoms with Crippen molar-refractivity contribution in [1.29, 1.82) is 0 Å². The molecule has 1 saturated carbocycles. The van der Waals surface area contributed by atoms with Crippen LogP contribution in [-0.4, -0.2) is 19.2 Å². The lowest BCUT2D eigenvalue weighted by atomic mass is 9.85. The molecule has 0 spiro atoms. The number of ketones is 1. The van der Waals surface area contributed by atoms with E-state index in [4.69, 9.17) is 14.2 Å². The van der Waals surface area contributed by atoms with Crippen molar-refractivity contribution < 1.29 is 19.0 Å². The van der Waals surface area contributed by atoms with Gasteiger partial charge in [-0.05, 0) is 25.0 Å². The summed E-state index contributed by atoms with van der Waals surface area (Å²) in [5.74, 6) is 2.80. The number of fused-ring (bicyclic) bond motifs is 1. The van der Waals surface area contributed by atoms with Crippen LogP contribution >= 0.6 is 0 Å². The molecule has 20 heavy (non-hydrogen) atoms. The Kier molecular flexibility index (Phi) is 4.09. The molecule has 0 aromatic heterocycles. The largest absolute Gasteiger partial charge is 0.493 e. The third-order valence-corrected chi connectivity index (χ3v) is 4.02. The number of Topliss-reactive ketones (excluding diaryl/α,β-unsaturated/α-hetero) is 1. The monoisotopic (exact) mass is 276 g/mol. The fourth-order valence-electron chi connectivity index (χ4n) is 2.86. The number of hydrogen-bond donors (Lipinski definition) is 0. The van der Waals surface area contributed by atoms with Gasteiger partial charge in [-0.2, -0.15) is 0 Å². The number of hydrogen-bond acceptors (Lipinski definition) is 4. The van der Waals surface area contributed by atoms with Crippen LogP contribution in [-0.2, 0) is 4.79 Å². The van der Waals surface area contributed by atoms with Gasteiger partial charge in [0.2, 0.25) is 6.79 Å². The molecule has 1 heterocycles. The highest BCUT2D eigenvalue weighted by Gasteiger charge is 2.20. The van der Waals surface area contributed by atoms with Crippen molar-refractivity contribution in [3.8, 4) is 17.2 Å². The van der Waals surface area contributed by atoms with Crippen LogP contribution in [0.2, 0.25) is 0 Å². The van der Waals surface area contributed by atoms with Gasteiger partial charge in [0.1, 0.15) is 11.5 Å². The molecule has 1 fully saturated rings. The maximum Gasteiger partial charge on any atom is 0.231 e. The topological polar surface area (TPSA) is 44.8 Å². The normalized spacial score (nSPS) is 18.0. The number of carbonyl (C=O) groups excluding carboxylic acids is 1. The van der Waals surface area contributed by atoms with Crippen molar-refractivity contribution in [3.63, 3.8) is 0 Å². The van der Waals surface area contributed by atoms with Crippen molar-refractivity contribution in [2.75, 3.05) is 13.4 Å². The Labute approximate surface area is 119 Å². The Bertz CT molecular complexity index is 477. The van der Waals surface area contributed by atoms with Crippen LogP contribution in [0.1, 0.15) is 38.5 Å². The van der Waals surface area contributed by atoms with Crippen LogP contribution < -0.4 is 14.2 Å². The van der Waals surface area contributed by atoms with Crippen LogP contribution in [0.5, 0.6) is 17.2 Å². The number of benzene rings is 1. The third kappa shape index (κ3) is 3.06. The lowest BCUT2D eigenvalue weighted by Crippen LogP contribution is -2.19. The Balaban J connectivity index is 1.46. The molecule has 0 radical (unpaired) electrons. The molecule has 0 N–H and O–H groups in total. The van der Waals surface area contributed by atoms with Crippen LogP contribution in [0.4, 0.5) is 0 Å². The molecule has 108 valence electrons. The summed E-state index contributed by atoms with van der Waals surface area (Å²) in [6.07, 6.45) is 6.28. The van der Waals surface area contributed by atoms with E-state index in [-0.39, 0.29) is 12.7 Å². The Morgan fingerprint density at radius 1 is 1.15 bits per heavy atom. The van der Waals surface area contributed by atoms with Gasteiger partial charge in [0.05, 0.1) is 6.61 Å². The van der Waals surface area contributed by atoms with Gasteiger partial charge in [0.15, 0.2) is 11.5 Å². The molecule has 0 bridgehead atoms. The first-order valence-electron chi connectivity index (χ1n) is 7.38. The van der Waals surface area contributed by atoms with Gasteiger partial charge >= 0.3 is 0 Å². The second-order valence-electron chi connectivity index (χ2n) is 5.41. The molecule has 1 aromatic carbocycles. The molecule has 3 rings (SSSR count). The van der Waals surface area contributed by atoms with Gasteiger partial charge in [0, 0.05) is 18.4 Å². The van der Waals surface area contributed by atoms with Crippen LogP contribution in [0, 0.1) is 5.92 Å². The van der Waals surface area contributed by atoms with E-state index in [1.54, 1.807) is 0 Å². The van der Waals surface area contributed by atoms with E-state index in [0.717, 1.165) is 24.3 Å². The predicted molar refractivity (Wildman–Crippen MR) is 74.3 cm³/mol. The maximum atomic E-state index is 12.1. The quantitative estimate of drug-likeness (QED) is 0.827. The number of carbonyl (C=O) groups is 1. The average Bonchev–Trinajstić information content (AvgIpc) is 2.95. The summed E-state index contributed by atoms with van der Waals surface area (Å²) in [4.78, 5) is 12.1. The summed E-state index contributed by atoms with van der Waals surface area (Å²) >= 11 is 0. The summed E-state index contributed by atoms with van der Waals surface area (Å²) in [6.45, 7) is 0.702. The van der Waals surface area contributed by atoms with Gasteiger partial charge in [-0.15, -0.1) is 0 Å². The third-order valence-electron chi connectivity index (χ3n) is 4.02. The number of ether oxygens (including phenoxy) is 3. The van der Waals surface area contributed by atoms with Crippen molar-refractivity contribution in [2.45, 2.75) is 38.5 Å². The maximum absolute atomic E-state index is 12.1. The molecule has 0 amide bonds. The van der Waals surface area contributed by atoms with E-state index in [0.29, 0.717) is 24.6 Å². The van der Waals surface area contributed by atoms with Crippen molar-refractivity contribution >= 4 is 5.78 Å². The summed E-state index contributed by atoms with van der Waals surface area (Å²) < 4.78 is 16.2. The number of rotatable bonds is 5. The van der Waals surface area contributed by atoms with E-state index in [1.807, 2.05) is 18.2 Å². The highest BCUT2D eigenvalue weighted by molar-refractivity contribution is 5.81. The first-order chi connectivity index (χ1) is 9.83. The second kappa shape index (κ2) is 6.16. The predicted octanol–water partition coefficient (Wildman–Crippen LogP) is 3.33.